The van der Waals surface area contributed by atoms with Gasteiger partial charge in [-0.2, -0.15) is 0 Å². The van der Waals surface area contributed by atoms with E-state index in [9.17, 15) is 13.2 Å². The molecule has 6 heteroatoms. The van der Waals surface area contributed by atoms with Gasteiger partial charge in [-0.15, -0.1) is 0 Å². The van der Waals surface area contributed by atoms with Gasteiger partial charge in [0.2, 0.25) is 0 Å². The summed E-state index contributed by atoms with van der Waals surface area (Å²) in [4.78, 5) is 14.8. The SMILES string of the molecule is O=c1[nH]c(NC2CCS(=O)(=O)CC2)cc2ccccc12. The molecule has 0 bridgehead atoms. The van der Waals surface area contributed by atoms with Crippen LogP contribution in [0.25, 0.3) is 10.8 Å². The van der Waals surface area contributed by atoms with Gasteiger partial charge < -0.3 is 10.3 Å². The quantitative estimate of drug-likeness (QED) is 0.879. The van der Waals surface area contributed by atoms with Crippen LogP contribution < -0.4 is 10.9 Å². The number of rotatable bonds is 2. The molecule has 0 radical (unpaired) electrons. The van der Waals surface area contributed by atoms with Crippen LogP contribution in [0.15, 0.2) is 35.1 Å². The van der Waals surface area contributed by atoms with Gasteiger partial charge >= 0.3 is 0 Å². The van der Waals surface area contributed by atoms with Crippen molar-refractivity contribution in [2.75, 3.05) is 16.8 Å². The average Bonchev–Trinajstić information content (AvgIpc) is 2.41. The predicted molar refractivity (Wildman–Crippen MR) is 79.9 cm³/mol. The Morgan fingerprint density at radius 3 is 2.60 bits per heavy atom. The molecule has 2 aromatic rings. The number of anilines is 1. The van der Waals surface area contributed by atoms with Gasteiger partial charge in [0.25, 0.3) is 5.56 Å². The van der Waals surface area contributed by atoms with Gasteiger partial charge in [-0.3, -0.25) is 4.79 Å². The molecule has 2 heterocycles. The molecular weight excluding hydrogens is 276 g/mol. The van der Waals surface area contributed by atoms with Crippen LogP contribution in [0.1, 0.15) is 12.8 Å². The maximum Gasteiger partial charge on any atom is 0.257 e. The van der Waals surface area contributed by atoms with E-state index in [2.05, 4.69) is 10.3 Å². The third kappa shape index (κ3) is 2.70. The molecule has 106 valence electrons. The van der Waals surface area contributed by atoms with E-state index in [4.69, 9.17) is 0 Å². The third-order valence-electron chi connectivity index (χ3n) is 3.67. The van der Waals surface area contributed by atoms with E-state index in [0.717, 1.165) is 5.39 Å². The molecule has 20 heavy (non-hydrogen) atoms. The second-order valence-electron chi connectivity index (χ2n) is 5.17. The standard InChI is InChI=1S/C14H16N2O3S/c17-14-12-4-2-1-3-10(12)9-13(16-14)15-11-5-7-20(18,19)8-6-11/h1-4,9,11H,5-8H2,(H2,15,16,17). The van der Waals surface area contributed by atoms with Gasteiger partial charge in [-0.05, 0) is 30.4 Å². The fourth-order valence-corrected chi connectivity index (χ4v) is 4.03. The summed E-state index contributed by atoms with van der Waals surface area (Å²) in [6, 6.07) is 9.37. The largest absolute Gasteiger partial charge is 0.369 e. The Hall–Kier alpha value is -1.82. The lowest BCUT2D eigenvalue weighted by atomic mass is 10.1. The van der Waals surface area contributed by atoms with Crippen molar-refractivity contribution in [1.82, 2.24) is 4.98 Å². The highest BCUT2D eigenvalue weighted by molar-refractivity contribution is 7.91. The molecule has 3 rings (SSSR count). The van der Waals surface area contributed by atoms with Crippen LogP contribution in [0.5, 0.6) is 0 Å². The Kier molecular flexibility index (Phi) is 3.25. The Morgan fingerprint density at radius 1 is 1.15 bits per heavy atom. The third-order valence-corrected chi connectivity index (χ3v) is 5.38. The number of benzene rings is 1. The molecule has 2 N–H and O–H groups in total. The lowest BCUT2D eigenvalue weighted by molar-refractivity contribution is 0.559. The number of H-pyrrole nitrogens is 1. The summed E-state index contributed by atoms with van der Waals surface area (Å²) in [5.74, 6) is 1.07. The number of hydrogen-bond donors (Lipinski definition) is 2. The van der Waals surface area contributed by atoms with Crippen LogP contribution in [-0.2, 0) is 9.84 Å². The molecule has 1 aliphatic heterocycles. The maximum absolute atomic E-state index is 12.0. The molecule has 1 aromatic carbocycles. The number of hydrogen-bond acceptors (Lipinski definition) is 4. The topological polar surface area (TPSA) is 79.0 Å². The van der Waals surface area contributed by atoms with Crippen molar-refractivity contribution in [3.8, 4) is 0 Å². The van der Waals surface area contributed by atoms with E-state index in [0.29, 0.717) is 24.0 Å². The number of aromatic amines is 1. The molecule has 1 fully saturated rings. The first kappa shape index (κ1) is 13.2. The monoisotopic (exact) mass is 292 g/mol. The van der Waals surface area contributed by atoms with Crippen molar-refractivity contribution < 1.29 is 8.42 Å². The van der Waals surface area contributed by atoms with E-state index in [1.807, 2.05) is 24.3 Å². The molecule has 0 amide bonds. The number of fused-ring (bicyclic) bond motifs is 1. The van der Waals surface area contributed by atoms with Crippen molar-refractivity contribution >= 4 is 26.4 Å². The Morgan fingerprint density at radius 2 is 1.85 bits per heavy atom. The van der Waals surface area contributed by atoms with Crippen LogP contribution in [-0.4, -0.2) is 30.9 Å². The zero-order valence-corrected chi connectivity index (χ0v) is 11.7. The summed E-state index contributed by atoms with van der Waals surface area (Å²) in [6.07, 6.45) is 1.16. The summed E-state index contributed by atoms with van der Waals surface area (Å²) in [6.45, 7) is 0. The summed E-state index contributed by atoms with van der Waals surface area (Å²) in [5, 5.41) is 4.77. The lowest BCUT2D eigenvalue weighted by Crippen LogP contribution is -2.32. The lowest BCUT2D eigenvalue weighted by Gasteiger charge is -2.23. The fraction of sp³-hybridized carbons (Fsp3) is 0.357. The van der Waals surface area contributed by atoms with Gasteiger partial charge in [0.1, 0.15) is 15.7 Å². The Bertz CT molecular complexity index is 781. The van der Waals surface area contributed by atoms with Crippen LogP contribution in [0, 0.1) is 0 Å². The number of sulfone groups is 1. The minimum Gasteiger partial charge on any atom is -0.369 e. The van der Waals surface area contributed by atoms with Crippen molar-refractivity contribution in [1.29, 1.82) is 0 Å². The average molecular weight is 292 g/mol. The highest BCUT2D eigenvalue weighted by Crippen LogP contribution is 2.18. The van der Waals surface area contributed by atoms with Crippen LogP contribution in [0.2, 0.25) is 0 Å². The fourth-order valence-electron chi connectivity index (χ4n) is 2.54. The van der Waals surface area contributed by atoms with Crippen LogP contribution in [0.3, 0.4) is 0 Å². The number of aromatic nitrogens is 1. The molecule has 1 aromatic heterocycles. The minimum atomic E-state index is -2.86. The summed E-state index contributed by atoms with van der Waals surface area (Å²) in [7, 11) is -2.86. The van der Waals surface area contributed by atoms with E-state index in [-0.39, 0.29) is 23.1 Å². The Balaban J connectivity index is 1.83. The highest BCUT2D eigenvalue weighted by Gasteiger charge is 2.23. The van der Waals surface area contributed by atoms with E-state index >= 15 is 0 Å². The summed E-state index contributed by atoms with van der Waals surface area (Å²) < 4.78 is 22.8. The summed E-state index contributed by atoms with van der Waals surface area (Å²) in [5.41, 5.74) is -0.131. The van der Waals surface area contributed by atoms with Gasteiger partial charge in [0.05, 0.1) is 11.5 Å². The van der Waals surface area contributed by atoms with Crippen molar-refractivity contribution in [3.05, 3.63) is 40.7 Å². The van der Waals surface area contributed by atoms with Crippen molar-refractivity contribution in [2.45, 2.75) is 18.9 Å². The highest BCUT2D eigenvalue weighted by atomic mass is 32.2. The Labute approximate surface area is 116 Å². The van der Waals surface area contributed by atoms with Crippen molar-refractivity contribution in [3.63, 3.8) is 0 Å². The summed E-state index contributed by atoms with van der Waals surface area (Å²) >= 11 is 0. The van der Waals surface area contributed by atoms with Crippen LogP contribution in [0.4, 0.5) is 5.82 Å². The van der Waals surface area contributed by atoms with Gasteiger partial charge in [0.15, 0.2) is 0 Å². The number of pyridine rings is 1. The first-order valence-electron chi connectivity index (χ1n) is 6.62. The van der Waals surface area contributed by atoms with E-state index in [1.54, 1.807) is 6.07 Å². The molecule has 0 spiro atoms. The smallest absolute Gasteiger partial charge is 0.257 e. The molecule has 0 unspecified atom stereocenters. The number of nitrogens with one attached hydrogen (secondary N) is 2. The normalized spacial score (nSPS) is 19.0. The molecule has 0 saturated carbocycles. The molecule has 0 aliphatic carbocycles. The zero-order valence-electron chi connectivity index (χ0n) is 10.9. The van der Waals surface area contributed by atoms with Gasteiger partial charge in [-0.25, -0.2) is 8.42 Å². The second-order valence-corrected chi connectivity index (χ2v) is 7.47. The van der Waals surface area contributed by atoms with Gasteiger partial charge in [0, 0.05) is 11.4 Å². The van der Waals surface area contributed by atoms with Gasteiger partial charge in [-0.1, -0.05) is 18.2 Å². The van der Waals surface area contributed by atoms with E-state index < -0.39 is 9.84 Å². The zero-order chi connectivity index (χ0) is 14.2. The maximum atomic E-state index is 12.0. The van der Waals surface area contributed by atoms with Crippen LogP contribution >= 0.6 is 0 Å². The van der Waals surface area contributed by atoms with E-state index in [1.165, 1.54) is 0 Å². The predicted octanol–water partition coefficient (Wildman–Crippen LogP) is 1.52. The molecule has 0 atom stereocenters. The first-order chi connectivity index (χ1) is 9.53. The first-order valence-corrected chi connectivity index (χ1v) is 8.45. The molecule has 5 nitrogen and oxygen atoms in total. The molecule has 1 saturated heterocycles. The molecular formula is C14H16N2O3S. The second kappa shape index (κ2) is 4.94. The minimum absolute atomic E-state index is 0.0929. The molecule has 1 aliphatic rings. The van der Waals surface area contributed by atoms with Crippen molar-refractivity contribution in [2.24, 2.45) is 0 Å².